The Labute approximate surface area is 127 Å². The smallest absolute Gasteiger partial charge is 0.407 e. The first kappa shape index (κ1) is 15.1. The van der Waals surface area contributed by atoms with Crippen LogP contribution in [-0.4, -0.2) is 35.8 Å². The van der Waals surface area contributed by atoms with Crippen molar-refractivity contribution in [3.8, 4) is 0 Å². The summed E-state index contributed by atoms with van der Waals surface area (Å²) < 4.78 is 6.39. The number of nitrogens with zero attached hydrogens (tertiary/aromatic N) is 2. The summed E-state index contributed by atoms with van der Waals surface area (Å²) in [5.74, 6) is 0. The van der Waals surface area contributed by atoms with Crippen LogP contribution in [0, 0.1) is 0 Å². The van der Waals surface area contributed by atoms with Crippen LogP contribution in [0.15, 0.2) is 22.9 Å². The molecule has 0 spiro atoms. The van der Waals surface area contributed by atoms with Gasteiger partial charge in [0.15, 0.2) is 0 Å². The first-order valence-corrected chi connectivity index (χ1v) is 7.47. The third kappa shape index (κ3) is 4.37. The second kappa shape index (κ2) is 5.99. The molecule has 2 rings (SSSR count). The highest BCUT2D eigenvalue weighted by Gasteiger charge is 2.27. The second-order valence-corrected chi connectivity index (χ2v) is 6.91. The highest BCUT2D eigenvalue weighted by Crippen LogP contribution is 2.23. The van der Waals surface area contributed by atoms with Crippen molar-refractivity contribution in [1.29, 1.82) is 0 Å². The Morgan fingerprint density at radius 3 is 2.90 bits per heavy atom. The van der Waals surface area contributed by atoms with Gasteiger partial charge in [-0.15, -0.1) is 0 Å². The van der Waals surface area contributed by atoms with Crippen LogP contribution in [0.25, 0.3) is 0 Å². The van der Waals surface area contributed by atoms with Gasteiger partial charge in [-0.25, -0.2) is 4.79 Å². The fourth-order valence-electron chi connectivity index (χ4n) is 2.12. The minimum Gasteiger partial charge on any atom is -0.444 e. The molecule has 1 saturated heterocycles. The molecule has 0 radical (unpaired) electrons. The second-order valence-electron chi connectivity index (χ2n) is 6.00. The molecule has 1 atom stereocenters. The quantitative estimate of drug-likeness (QED) is 0.898. The van der Waals surface area contributed by atoms with Gasteiger partial charge in [-0.2, -0.15) is 0 Å². The number of nitrogens with one attached hydrogen (secondary N) is 1. The molecule has 1 aliphatic heterocycles. The zero-order valence-electron chi connectivity index (χ0n) is 12.0. The fourth-order valence-corrected chi connectivity index (χ4v) is 2.47. The molecule has 1 unspecified atom stereocenters. The van der Waals surface area contributed by atoms with E-state index >= 15 is 0 Å². The summed E-state index contributed by atoms with van der Waals surface area (Å²) in [4.78, 5) is 18.1. The van der Waals surface area contributed by atoms with Gasteiger partial charge in [0.25, 0.3) is 0 Å². The molecular weight excluding hydrogens is 322 g/mol. The number of anilines is 1. The number of halogens is 1. The number of carbonyl (C=O) groups is 1. The standard InChI is InChI=1S/C14H20BrN3O2/c1-14(2,3)17-13(19)20-12-4-5-18(9-12)11-6-10(15)7-16-8-11/h6-8,12H,4-5,9H2,1-3H3,(H,17,19). The number of ether oxygens (including phenoxy) is 1. The van der Waals surface area contributed by atoms with Crippen LogP contribution < -0.4 is 10.2 Å². The molecule has 1 fully saturated rings. The summed E-state index contributed by atoms with van der Waals surface area (Å²) in [6.45, 7) is 7.37. The third-order valence-corrected chi connectivity index (χ3v) is 3.39. The van der Waals surface area contributed by atoms with Gasteiger partial charge in [0.1, 0.15) is 6.10 Å². The number of amides is 1. The van der Waals surface area contributed by atoms with Crippen LogP contribution in [-0.2, 0) is 4.74 Å². The molecule has 0 aromatic carbocycles. The van der Waals surface area contributed by atoms with E-state index in [1.54, 1.807) is 6.20 Å². The van der Waals surface area contributed by atoms with Crippen molar-refractivity contribution < 1.29 is 9.53 Å². The molecule has 1 aliphatic rings. The van der Waals surface area contributed by atoms with Gasteiger partial charge in [-0.05, 0) is 42.8 Å². The van der Waals surface area contributed by atoms with Crippen LogP contribution in [0.4, 0.5) is 10.5 Å². The number of aromatic nitrogens is 1. The van der Waals surface area contributed by atoms with E-state index in [4.69, 9.17) is 4.74 Å². The summed E-state index contributed by atoms with van der Waals surface area (Å²) >= 11 is 3.41. The summed E-state index contributed by atoms with van der Waals surface area (Å²) in [7, 11) is 0. The lowest BCUT2D eigenvalue weighted by Crippen LogP contribution is -2.42. The van der Waals surface area contributed by atoms with Gasteiger partial charge in [-0.3, -0.25) is 4.98 Å². The van der Waals surface area contributed by atoms with Crippen LogP contribution in [0.1, 0.15) is 27.2 Å². The van der Waals surface area contributed by atoms with E-state index in [9.17, 15) is 4.79 Å². The Morgan fingerprint density at radius 1 is 1.50 bits per heavy atom. The Kier molecular flexibility index (Phi) is 4.52. The number of carbonyl (C=O) groups excluding carboxylic acids is 1. The van der Waals surface area contributed by atoms with Crippen molar-refractivity contribution in [2.75, 3.05) is 18.0 Å². The predicted molar refractivity (Wildman–Crippen MR) is 81.9 cm³/mol. The van der Waals surface area contributed by atoms with Gasteiger partial charge in [-0.1, -0.05) is 0 Å². The summed E-state index contributed by atoms with van der Waals surface area (Å²) in [5.41, 5.74) is 0.769. The molecule has 0 saturated carbocycles. The van der Waals surface area contributed by atoms with E-state index in [0.717, 1.165) is 23.1 Å². The molecule has 2 heterocycles. The van der Waals surface area contributed by atoms with E-state index in [1.165, 1.54) is 0 Å². The van der Waals surface area contributed by atoms with Crippen molar-refractivity contribution in [2.24, 2.45) is 0 Å². The third-order valence-electron chi connectivity index (χ3n) is 2.95. The van der Waals surface area contributed by atoms with Crippen LogP contribution in [0.3, 0.4) is 0 Å². The van der Waals surface area contributed by atoms with Gasteiger partial charge in [0, 0.05) is 29.2 Å². The summed E-state index contributed by atoms with van der Waals surface area (Å²) in [6, 6.07) is 2.02. The van der Waals surface area contributed by atoms with Gasteiger partial charge < -0.3 is 15.0 Å². The van der Waals surface area contributed by atoms with E-state index in [2.05, 4.69) is 31.1 Å². The molecule has 6 heteroatoms. The number of rotatable bonds is 2. The molecule has 110 valence electrons. The number of hydrogen-bond acceptors (Lipinski definition) is 4. The largest absolute Gasteiger partial charge is 0.444 e. The molecule has 5 nitrogen and oxygen atoms in total. The Morgan fingerprint density at radius 2 is 2.25 bits per heavy atom. The summed E-state index contributed by atoms with van der Waals surface area (Å²) in [5, 5.41) is 2.81. The maximum atomic E-state index is 11.7. The van der Waals surface area contributed by atoms with Crippen molar-refractivity contribution in [3.63, 3.8) is 0 Å². The Bertz CT molecular complexity index is 488. The Balaban J connectivity index is 1.88. The highest BCUT2D eigenvalue weighted by molar-refractivity contribution is 9.10. The molecule has 1 N–H and O–H groups in total. The van der Waals surface area contributed by atoms with E-state index < -0.39 is 0 Å². The topological polar surface area (TPSA) is 54.5 Å². The zero-order valence-corrected chi connectivity index (χ0v) is 13.6. The number of pyridine rings is 1. The highest BCUT2D eigenvalue weighted by atomic mass is 79.9. The maximum absolute atomic E-state index is 11.7. The van der Waals surface area contributed by atoms with Crippen LogP contribution >= 0.6 is 15.9 Å². The molecule has 20 heavy (non-hydrogen) atoms. The normalized spacial score (nSPS) is 19.0. The van der Waals surface area contributed by atoms with Gasteiger partial charge in [0.2, 0.25) is 0 Å². The molecule has 0 aliphatic carbocycles. The van der Waals surface area contributed by atoms with Gasteiger partial charge in [0.05, 0.1) is 18.4 Å². The van der Waals surface area contributed by atoms with E-state index in [0.29, 0.717) is 6.54 Å². The number of alkyl carbamates (subject to hydrolysis) is 1. The SMILES string of the molecule is CC(C)(C)NC(=O)OC1CCN(c2cncc(Br)c2)C1. The van der Waals surface area contributed by atoms with E-state index in [-0.39, 0.29) is 17.7 Å². The zero-order chi connectivity index (χ0) is 14.8. The molecular formula is C14H20BrN3O2. The van der Waals surface area contributed by atoms with Crippen LogP contribution in [0.5, 0.6) is 0 Å². The first-order chi connectivity index (χ1) is 9.33. The monoisotopic (exact) mass is 341 g/mol. The lowest BCUT2D eigenvalue weighted by Gasteiger charge is -2.22. The van der Waals surface area contributed by atoms with Gasteiger partial charge >= 0.3 is 6.09 Å². The fraction of sp³-hybridized carbons (Fsp3) is 0.571. The van der Waals surface area contributed by atoms with E-state index in [1.807, 2.05) is 33.0 Å². The minimum atomic E-state index is -0.350. The molecule has 1 aromatic rings. The lowest BCUT2D eigenvalue weighted by molar-refractivity contribution is 0.101. The van der Waals surface area contributed by atoms with Crippen LogP contribution in [0.2, 0.25) is 0 Å². The van der Waals surface area contributed by atoms with Crippen molar-refractivity contribution >= 4 is 27.7 Å². The molecule has 1 amide bonds. The number of hydrogen-bond donors (Lipinski definition) is 1. The summed E-state index contributed by atoms with van der Waals surface area (Å²) in [6.07, 6.45) is 3.99. The molecule has 1 aromatic heterocycles. The lowest BCUT2D eigenvalue weighted by atomic mass is 10.1. The van der Waals surface area contributed by atoms with Crippen molar-refractivity contribution in [3.05, 3.63) is 22.9 Å². The Hall–Kier alpha value is -1.30. The maximum Gasteiger partial charge on any atom is 0.407 e. The van der Waals surface area contributed by atoms with Crippen molar-refractivity contribution in [2.45, 2.75) is 38.8 Å². The average Bonchev–Trinajstić information content (AvgIpc) is 2.74. The first-order valence-electron chi connectivity index (χ1n) is 6.68. The average molecular weight is 342 g/mol. The molecule has 0 bridgehead atoms. The minimum absolute atomic E-state index is 0.0728. The van der Waals surface area contributed by atoms with Crippen molar-refractivity contribution in [1.82, 2.24) is 10.3 Å². The predicted octanol–water partition coefficient (Wildman–Crippen LogP) is 2.95.